The van der Waals surface area contributed by atoms with Crippen molar-refractivity contribution < 1.29 is 9.21 Å². The molecule has 0 bridgehead atoms. The predicted octanol–water partition coefficient (Wildman–Crippen LogP) is 3.12. The van der Waals surface area contributed by atoms with Crippen LogP contribution in [0, 0.1) is 6.92 Å². The number of hydrogen-bond donors (Lipinski definition) is 0. The molecule has 15 heavy (non-hydrogen) atoms. The summed E-state index contributed by atoms with van der Waals surface area (Å²) in [6, 6.07) is 5.41. The van der Waals surface area contributed by atoms with E-state index in [-0.39, 0.29) is 5.78 Å². The maximum absolute atomic E-state index is 11.6. The summed E-state index contributed by atoms with van der Waals surface area (Å²) >= 11 is 0. The van der Waals surface area contributed by atoms with E-state index in [1.54, 1.807) is 13.0 Å². The molecule has 0 fully saturated rings. The topological polar surface area (TPSA) is 43.1 Å². The monoisotopic (exact) mass is 203 g/mol. The van der Waals surface area contributed by atoms with Crippen LogP contribution in [-0.2, 0) is 0 Å². The van der Waals surface area contributed by atoms with Crippen molar-refractivity contribution in [3.05, 3.63) is 29.7 Å². The number of Topliss-reactive ketones (excluding diaryl/α,β-unsaturated/α-hetero) is 1. The molecule has 0 spiro atoms. The SMILES string of the molecule is CCCC(=O)c1ccc2nc(C)oc2c1. The molecule has 3 heteroatoms. The maximum atomic E-state index is 11.6. The van der Waals surface area contributed by atoms with Crippen molar-refractivity contribution in [1.82, 2.24) is 4.98 Å². The zero-order chi connectivity index (χ0) is 10.8. The fraction of sp³-hybridized carbons (Fsp3) is 0.333. The van der Waals surface area contributed by atoms with E-state index < -0.39 is 0 Å². The number of benzene rings is 1. The van der Waals surface area contributed by atoms with Crippen molar-refractivity contribution in [3.63, 3.8) is 0 Å². The maximum Gasteiger partial charge on any atom is 0.192 e. The van der Waals surface area contributed by atoms with Gasteiger partial charge in [-0.3, -0.25) is 4.79 Å². The van der Waals surface area contributed by atoms with E-state index >= 15 is 0 Å². The number of ketones is 1. The van der Waals surface area contributed by atoms with Gasteiger partial charge in [0.2, 0.25) is 0 Å². The van der Waals surface area contributed by atoms with Gasteiger partial charge >= 0.3 is 0 Å². The van der Waals surface area contributed by atoms with E-state index in [1.807, 2.05) is 19.1 Å². The van der Waals surface area contributed by atoms with Crippen LogP contribution in [0.5, 0.6) is 0 Å². The lowest BCUT2D eigenvalue weighted by molar-refractivity contribution is 0.0982. The summed E-state index contributed by atoms with van der Waals surface area (Å²) in [7, 11) is 0. The summed E-state index contributed by atoms with van der Waals surface area (Å²) in [5, 5.41) is 0. The number of fused-ring (bicyclic) bond motifs is 1. The highest BCUT2D eigenvalue weighted by molar-refractivity contribution is 5.98. The molecule has 78 valence electrons. The number of aryl methyl sites for hydroxylation is 1. The van der Waals surface area contributed by atoms with Gasteiger partial charge in [-0.25, -0.2) is 4.98 Å². The van der Waals surface area contributed by atoms with E-state index in [1.165, 1.54) is 0 Å². The number of oxazole rings is 1. The van der Waals surface area contributed by atoms with Gasteiger partial charge in [0.25, 0.3) is 0 Å². The van der Waals surface area contributed by atoms with E-state index in [4.69, 9.17) is 4.42 Å². The van der Waals surface area contributed by atoms with Crippen LogP contribution >= 0.6 is 0 Å². The molecule has 1 aromatic carbocycles. The Hall–Kier alpha value is -1.64. The van der Waals surface area contributed by atoms with Gasteiger partial charge in [-0.05, 0) is 24.6 Å². The van der Waals surface area contributed by atoms with Crippen molar-refractivity contribution >= 4 is 16.9 Å². The number of hydrogen-bond acceptors (Lipinski definition) is 3. The standard InChI is InChI=1S/C12H13NO2/c1-3-4-11(14)9-5-6-10-12(7-9)15-8(2)13-10/h5-7H,3-4H2,1-2H3. The highest BCUT2D eigenvalue weighted by Gasteiger charge is 2.08. The van der Waals surface area contributed by atoms with E-state index in [0.29, 0.717) is 23.5 Å². The fourth-order valence-electron chi connectivity index (χ4n) is 1.58. The average Bonchev–Trinajstić information content (AvgIpc) is 2.57. The molecule has 0 aliphatic rings. The lowest BCUT2D eigenvalue weighted by Crippen LogP contribution is -1.97. The normalized spacial score (nSPS) is 10.8. The second kappa shape index (κ2) is 3.85. The summed E-state index contributed by atoms with van der Waals surface area (Å²) in [6.45, 7) is 3.79. The Bertz CT molecular complexity index is 499. The van der Waals surface area contributed by atoms with Crippen molar-refractivity contribution in [2.45, 2.75) is 26.7 Å². The number of rotatable bonds is 3. The highest BCUT2D eigenvalue weighted by Crippen LogP contribution is 2.18. The minimum Gasteiger partial charge on any atom is -0.441 e. The van der Waals surface area contributed by atoms with Crippen LogP contribution in [0.1, 0.15) is 36.0 Å². The van der Waals surface area contributed by atoms with Gasteiger partial charge in [-0.2, -0.15) is 0 Å². The van der Waals surface area contributed by atoms with Crippen molar-refractivity contribution in [1.29, 1.82) is 0 Å². The second-order valence-corrected chi connectivity index (χ2v) is 3.59. The first-order valence-corrected chi connectivity index (χ1v) is 5.11. The zero-order valence-electron chi connectivity index (χ0n) is 8.91. The molecule has 2 aromatic rings. The lowest BCUT2D eigenvalue weighted by atomic mass is 10.1. The third-order valence-electron chi connectivity index (χ3n) is 2.29. The second-order valence-electron chi connectivity index (χ2n) is 3.59. The van der Waals surface area contributed by atoms with Crippen molar-refractivity contribution in [2.75, 3.05) is 0 Å². The Morgan fingerprint density at radius 2 is 2.27 bits per heavy atom. The first kappa shape index (κ1) is 9.90. The van der Waals surface area contributed by atoms with Gasteiger partial charge in [0.1, 0.15) is 5.52 Å². The molecule has 0 aliphatic carbocycles. The van der Waals surface area contributed by atoms with Crippen LogP contribution in [0.3, 0.4) is 0 Å². The van der Waals surface area contributed by atoms with E-state index in [2.05, 4.69) is 4.98 Å². The smallest absolute Gasteiger partial charge is 0.192 e. The number of nitrogens with zero attached hydrogens (tertiary/aromatic N) is 1. The Morgan fingerprint density at radius 3 is 3.00 bits per heavy atom. The van der Waals surface area contributed by atoms with E-state index in [0.717, 1.165) is 11.9 Å². The summed E-state index contributed by atoms with van der Waals surface area (Å²) < 4.78 is 5.37. The third kappa shape index (κ3) is 1.91. The highest BCUT2D eigenvalue weighted by atomic mass is 16.3. The van der Waals surface area contributed by atoms with Gasteiger partial charge in [0.15, 0.2) is 17.3 Å². The largest absolute Gasteiger partial charge is 0.441 e. The summed E-state index contributed by atoms with van der Waals surface area (Å²) in [5.41, 5.74) is 2.20. The first-order valence-electron chi connectivity index (χ1n) is 5.11. The molecule has 0 N–H and O–H groups in total. The third-order valence-corrected chi connectivity index (χ3v) is 2.29. The van der Waals surface area contributed by atoms with Crippen LogP contribution < -0.4 is 0 Å². The first-order chi connectivity index (χ1) is 7.20. The predicted molar refractivity (Wildman–Crippen MR) is 58.0 cm³/mol. The van der Waals surface area contributed by atoms with Gasteiger partial charge < -0.3 is 4.42 Å². The van der Waals surface area contributed by atoms with Crippen LogP contribution in [0.15, 0.2) is 22.6 Å². The molecule has 0 aliphatic heterocycles. The van der Waals surface area contributed by atoms with Gasteiger partial charge in [-0.15, -0.1) is 0 Å². The van der Waals surface area contributed by atoms with Crippen LogP contribution in [-0.4, -0.2) is 10.8 Å². The molecular formula is C12H13NO2. The molecule has 0 unspecified atom stereocenters. The molecule has 0 atom stereocenters. The zero-order valence-corrected chi connectivity index (χ0v) is 8.91. The molecular weight excluding hydrogens is 190 g/mol. The lowest BCUT2D eigenvalue weighted by Gasteiger charge is -1.97. The Labute approximate surface area is 88.1 Å². The van der Waals surface area contributed by atoms with Crippen molar-refractivity contribution in [3.8, 4) is 0 Å². The molecule has 2 rings (SSSR count). The van der Waals surface area contributed by atoms with Crippen molar-refractivity contribution in [2.24, 2.45) is 0 Å². The van der Waals surface area contributed by atoms with Gasteiger partial charge in [-0.1, -0.05) is 6.92 Å². The van der Waals surface area contributed by atoms with E-state index in [9.17, 15) is 4.79 Å². The Balaban J connectivity index is 2.41. The number of aromatic nitrogens is 1. The molecule has 1 aromatic heterocycles. The number of carbonyl (C=O) groups excluding carboxylic acids is 1. The quantitative estimate of drug-likeness (QED) is 0.720. The molecule has 0 saturated heterocycles. The minimum atomic E-state index is 0.161. The average molecular weight is 203 g/mol. The summed E-state index contributed by atoms with van der Waals surface area (Å²) in [6.07, 6.45) is 1.45. The fourth-order valence-corrected chi connectivity index (χ4v) is 1.58. The van der Waals surface area contributed by atoms with Gasteiger partial charge in [0, 0.05) is 18.9 Å². The summed E-state index contributed by atoms with van der Waals surface area (Å²) in [4.78, 5) is 15.8. The van der Waals surface area contributed by atoms with Gasteiger partial charge in [0.05, 0.1) is 0 Å². The van der Waals surface area contributed by atoms with Crippen LogP contribution in [0.4, 0.5) is 0 Å². The summed E-state index contributed by atoms with van der Waals surface area (Å²) in [5.74, 6) is 0.790. The molecule has 3 nitrogen and oxygen atoms in total. The minimum absolute atomic E-state index is 0.161. The molecule has 1 heterocycles. The number of carbonyl (C=O) groups is 1. The Morgan fingerprint density at radius 1 is 1.47 bits per heavy atom. The Kier molecular flexibility index (Phi) is 2.54. The van der Waals surface area contributed by atoms with Crippen LogP contribution in [0.2, 0.25) is 0 Å². The molecule has 0 radical (unpaired) electrons. The molecule has 0 amide bonds. The molecule has 0 saturated carbocycles. The van der Waals surface area contributed by atoms with Crippen LogP contribution in [0.25, 0.3) is 11.1 Å².